The van der Waals surface area contributed by atoms with Crippen molar-refractivity contribution in [1.82, 2.24) is 5.32 Å². The molecule has 0 spiro atoms. The summed E-state index contributed by atoms with van der Waals surface area (Å²) < 4.78 is 11.2. The minimum atomic E-state index is -1.14. The number of hydrogen-bond donors (Lipinski definition) is 2. The Labute approximate surface area is 179 Å². The van der Waals surface area contributed by atoms with E-state index in [1.54, 1.807) is 7.11 Å². The first-order valence-electron chi connectivity index (χ1n) is 10.5. The van der Waals surface area contributed by atoms with Gasteiger partial charge in [-0.3, -0.25) is 0 Å². The molecule has 1 fully saturated rings. The van der Waals surface area contributed by atoms with Gasteiger partial charge in [-0.25, -0.2) is 0 Å². The van der Waals surface area contributed by atoms with Gasteiger partial charge in [0.05, 0.1) is 6.61 Å². The van der Waals surface area contributed by atoms with Crippen LogP contribution in [0.4, 0.5) is 0 Å². The van der Waals surface area contributed by atoms with E-state index >= 15 is 0 Å². The maximum Gasteiger partial charge on any atom is 0.118 e. The Balaban J connectivity index is 2.05. The van der Waals surface area contributed by atoms with Crippen molar-refractivity contribution >= 4 is 11.6 Å². The van der Waals surface area contributed by atoms with Gasteiger partial charge in [0.2, 0.25) is 0 Å². The Kier molecular flexibility index (Phi) is 8.10. The zero-order valence-corrected chi connectivity index (χ0v) is 18.2. The number of aryl methyl sites for hydroxylation is 1. The molecule has 4 nitrogen and oxygen atoms in total. The standard InChI is InChI=1S/C24H32ClNO3/c1-3-18-8-6-9-19(16-18)23-20(10-7-11-21(23)25)24(27,12-4-5-14-28-2)22-17-26-13-15-29-22/h6-11,16,22,26-27H,3-5,12-15,17H2,1-2H3/t22?,24-/m1/s1. The smallest absolute Gasteiger partial charge is 0.118 e. The fourth-order valence-corrected chi connectivity index (χ4v) is 4.39. The van der Waals surface area contributed by atoms with Crippen LogP contribution in [-0.4, -0.2) is 44.6 Å². The molecule has 0 radical (unpaired) electrons. The second-order valence-electron chi connectivity index (χ2n) is 7.65. The van der Waals surface area contributed by atoms with E-state index in [9.17, 15) is 5.11 Å². The summed E-state index contributed by atoms with van der Waals surface area (Å²) in [6.45, 7) is 4.83. The maximum atomic E-state index is 12.0. The largest absolute Gasteiger partial charge is 0.385 e. The molecule has 2 N–H and O–H groups in total. The molecule has 0 aliphatic carbocycles. The number of hydrogen-bond acceptors (Lipinski definition) is 4. The second kappa shape index (κ2) is 10.6. The average molecular weight is 418 g/mol. The number of aliphatic hydroxyl groups is 1. The average Bonchev–Trinajstić information content (AvgIpc) is 2.77. The molecule has 1 aliphatic heterocycles. The van der Waals surface area contributed by atoms with Gasteiger partial charge >= 0.3 is 0 Å². The van der Waals surface area contributed by atoms with Gasteiger partial charge in [0.25, 0.3) is 0 Å². The van der Waals surface area contributed by atoms with Gasteiger partial charge in [-0.05, 0) is 48.4 Å². The third-order valence-corrected chi connectivity index (χ3v) is 6.04. The predicted octanol–water partition coefficient (Wildman–Crippen LogP) is 4.56. The lowest BCUT2D eigenvalue weighted by molar-refractivity contribution is -0.129. The van der Waals surface area contributed by atoms with E-state index in [1.807, 2.05) is 18.2 Å². The second-order valence-corrected chi connectivity index (χ2v) is 8.06. The van der Waals surface area contributed by atoms with Crippen LogP contribution in [0.25, 0.3) is 11.1 Å². The van der Waals surface area contributed by atoms with E-state index in [-0.39, 0.29) is 6.10 Å². The Bertz CT molecular complexity index is 791. The summed E-state index contributed by atoms with van der Waals surface area (Å²) in [5.41, 5.74) is 2.87. The van der Waals surface area contributed by atoms with Crippen LogP contribution in [0.1, 0.15) is 37.3 Å². The van der Waals surface area contributed by atoms with Crippen molar-refractivity contribution in [2.75, 3.05) is 33.4 Å². The summed E-state index contributed by atoms with van der Waals surface area (Å²) in [5, 5.41) is 16.0. The first-order valence-corrected chi connectivity index (χ1v) is 10.9. The molecule has 1 unspecified atom stereocenters. The molecule has 5 heteroatoms. The van der Waals surface area contributed by atoms with Crippen molar-refractivity contribution in [3.8, 4) is 11.1 Å². The SMILES string of the molecule is CCc1cccc(-c2c(Cl)cccc2[C@](O)(CCCCOC)C2CNCCO2)c1. The van der Waals surface area contributed by atoms with Gasteiger partial charge < -0.3 is 19.9 Å². The first-order chi connectivity index (χ1) is 14.1. The van der Waals surface area contributed by atoms with Crippen molar-refractivity contribution in [3.05, 3.63) is 58.6 Å². The molecule has 0 aromatic heterocycles. The number of nitrogens with one attached hydrogen (secondary N) is 1. The number of ether oxygens (including phenoxy) is 2. The van der Waals surface area contributed by atoms with E-state index < -0.39 is 5.60 Å². The van der Waals surface area contributed by atoms with Crippen molar-refractivity contribution in [1.29, 1.82) is 0 Å². The van der Waals surface area contributed by atoms with E-state index in [0.29, 0.717) is 31.2 Å². The summed E-state index contributed by atoms with van der Waals surface area (Å²) in [5.74, 6) is 0. The summed E-state index contributed by atoms with van der Waals surface area (Å²) in [6.07, 6.45) is 2.93. The highest BCUT2D eigenvalue weighted by atomic mass is 35.5. The number of methoxy groups -OCH3 is 1. The van der Waals surface area contributed by atoms with Crippen molar-refractivity contribution in [3.63, 3.8) is 0 Å². The van der Waals surface area contributed by atoms with Gasteiger partial charge in [-0.2, -0.15) is 0 Å². The molecule has 2 aromatic rings. The van der Waals surface area contributed by atoms with Crippen LogP contribution in [-0.2, 0) is 21.5 Å². The Morgan fingerprint density at radius 2 is 2.07 bits per heavy atom. The van der Waals surface area contributed by atoms with E-state index in [0.717, 1.165) is 42.5 Å². The topological polar surface area (TPSA) is 50.7 Å². The summed E-state index contributed by atoms with van der Waals surface area (Å²) >= 11 is 6.70. The van der Waals surface area contributed by atoms with Gasteiger partial charge in [-0.1, -0.05) is 54.9 Å². The Hall–Kier alpha value is -1.43. The van der Waals surface area contributed by atoms with Crippen LogP contribution in [0, 0.1) is 0 Å². The monoisotopic (exact) mass is 417 g/mol. The number of benzene rings is 2. The van der Waals surface area contributed by atoms with Gasteiger partial charge in [0.15, 0.2) is 0 Å². The molecular weight excluding hydrogens is 386 g/mol. The minimum Gasteiger partial charge on any atom is -0.385 e. The highest BCUT2D eigenvalue weighted by Crippen LogP contribution is 2.42. The third-order valence-electron chi connectivity index (χ3n) is 5.72. The zero-order valence-electron chi connectivity index (χ0n) is 17.4. The van der Waals surface area contributed by atoms with Crippen LogP contribution in [0.2, 0.25) is 5.02 Å². The van der Waals surface area contributed by atoms with Crippen LogP contribution < -0.4 is 5.32 Å². The fourth-order valence-electron chi connectivity index (χ4n) is 4.11. The lowest BCUT2D eigenvalue weighted by Gasteiger charge is -2.40. The van der Waals surface area contributed by atoms with Gasteiger partial charge in [0, 0.05) is 37.4 Å². The molecule has 158 valence electrons. The van der Waals surface area contributed by atoms with Crippen molar-refractivity contribution in [2.24, 2.45) is 0 Å². The van der Waals surface area contributed by atoms with Crippen molar-refractivity contribution < 1.29 is 14.6 Å². The quantitative estimate of drug-likeness (QED) is 0.587. The highest BCUT2D eigenvalue weighted by molar-refractivity contribution is 6.33. The molecule has 0 saturated carbocycles. The number of morpholine rings is 1. The van der Waals surface area contributed by atoms with E-state index in [1.165, 1.54) is 5.56 Å². The molecular formula is C24H32ClNO3. The van der Waals surface area contributed by atoms with Gasteiger partial charge in [-0.15, -0.1) is 0 Å². The number of rotatable bonds is 9. The Morgan fingerprint density at radius 1 is 1.24 bits per heavy atom. The molecule has 29 heavy (non-hydrogen) atoms. The summed E-state index contributed by atoms with van der Waals surface area (Å²) in [4.78, 5) is 0. The highest BCUT2D eigenvalue weighted by Gasteiger charge is 2.41. The molecule has 0 bridgehead atoms. The summed E-state index contributed by atoms with van der Waals surface area (Å²) in [7, 11) is 1.70. The van der Waals surface area contributed by atoms with Crippen LogP contribution >= 0.6 is 11.6 Å². The first kappa shape index (κ1) is 22.3. The molecule has 0 amide bonds. The van der Waals surface area contributed by atoms with Gasteiger partial charge in [0.1, 0.15) is 11.7 Å². The third kappa shape index (κ3) is 5.19. The van der Waals surface area contributed by atoms with Crippen LogP contribution in [0.3, 0.4) is 0 Å². The number of unbranched alkanes of at least 4 members (excludes halogenated alkanes) is 1. The zero-order chi connectivity index (χ0) is 20.7. The van der Waals surface area contributed by atoms with Crippen molar-refractivity contribution in [2.45, 2.75) is 44.3 Å². The molecule has 1 heterocycles. The fraction of sp³-hybridized carbons (Fsp3) is 0.500. The van der Waals surface area contributed by atoms with Crippen LogP contribution in [0.15, 0.2) is 42.5 Å². The molecule has 2 aromatic carbocycles. The van der Waals surface area contributed by atoms with E-state index in [2.05, 4.69) is 36.5 Å². The van der Waals surface area contributed by atoms with Crippen LogP contribution in [0.5, 0.6) is 0 Å². The van der Waals surface area contributed by atoms with E-state index in [4.69, 9.17) is 21.1 Å². The molecule has 1 aliphatic rings. The summed E-state index contributed by atoms with van der Waals surface area (Å²) in [6, 6.07) is 14.2. The Morgan fingerprint density at radius 3 is 2.79 bits per heavy atom. The molecule has 1 saturated heterocycles. The number of halogens is 1. The maximum absolute atomic E-state index is 12.0. The normalized spacial score (nSPS) is 19.1. The molecule has 3 rings (SSSR count). The molecule has 2 atom stereocenters. The predicted molar refractivity (Wildman–Crippen MR) is 118 cm³/mol. The lowest BCUT2D eigenvalue weighted by atomic mass is 9.79. The minimum absolute atomic E-state index is 0.328. The lowest BCUT2D eigenvalue weighted by Crippen LogP contribution is -2.51.